The quantitative estimate of drug-likeness (QED) is 0.828. The molecule has 0 saturated heterocycles. The number of hydrogen-bond donors (Lipinski definition) is 2. The molecule has 0 aliphatic carbocycles. The van der Waals surface area contributed by atoms with E-state index in [4.69, 9.17) is 0 Å². The maximum absolute atomic E-state index is 11.4. The standard InChI is InChI=1S/C11H16N6O/c1-4-8-14-9(5-10(18)15-8)13-7(2)11-16-12-6-17(11)3/h5-7H,4H2,1-3H3,(H2,13,14,15,18). The van der Waals surface area contributed by atoms with Crippen molar-refractivity contribution < 1.29 is 0 Å². The van der Waals surface area contributed by atoms with E-state index in [9.17, 15) is 4.79 Å². The first-order chi connectivity index (χ1) is 8.60. The molecule has 2 rings (SSSR count). The molecule has 2 aromatic heterocycles. The van der Waals surface area contributed by atoms with E-state index in [0.29, 0.717) is 18.1 Å². The second-order valence-corrected chi connectivity index (χ2v) is 4.10. The van der Waals surface area contributed by atoms with Crippen molar-refractivity contribution in [1.29, 1.82) is 0 Å². The summed E-state index contributed by atoms with van der Waals surface area (Å²) < 4.78 is 1.82. The third-order valence-electron chi connectivity index (χ3n) is 2.62. The normalized spacial score (nSPS) is 12.4. The van der Waals surface area contributed by atoms with Crippen LogP contribution in [0.25, 0.3) is 0 Å². The van der Waals surface area contributed by atoms with Gasteiger partial charge in [0, 0.05) is 19.5 Å². The largest absolute Gasteiger partial charge is 0.360 e. The number of aromatic amines is 1. The molecule has 0 radical (unpaired) electrons. The van der Waals surface area contributed by atoms with Gasteiger partial charge in [0.2, 0.25) is 0 Å². The Bertz CT molecular complexity index is 587. The molecule has 0 bridgehead atoms. The van der Waals surface area contributed by atoms with Crippen LogP contribution >= 0.6 is 0 Å². The van der Waals surface area contributed by atoms with Crippen molar-refractivity contribution in [3.63, 3.8) is 0 Å². The van der Waals surface area contributed by atoms with E-state index in [1.807, 2.05) is 25.5 Å². The van der Waals surface area contributed by atoms with Gasteiger partial charge in [-0.05, 0) is 6.92 Å². The fraction of sp³-hybridized carbons (Fsp3) is 0.455. The maximum Gasteiger partial charge on any atom is 0.252 e. The van der Waals surface area contributed by atoms with Gasteiger partial charge in [-0.25, -0.2) is 4.98 Å². The first-order valence-corrected chi connectivity index (χ1v) is 5.80. The van der Waals surface area contributed by atoms with Crippen LogP contribution in [-0.4, -0.2) is 24.7 Å². The summed E-state index contributed by atoms with van der Waals surface area (Å²) in [5.74, 6) is 2.00. The molecule has 1 atom stereocenters. The van der Waals surface area contributed by atoms with Gasteiger partial charge in [0.1, 0.15) is 18.0 Å². The number of aromatic nitrogens is 5. The number of rotatable bonds is 4. The monoisotopic (exact) mass is 248 g/mol. The minimum atomic E-state index is -0.158. The van der Waals surface area contributed by atoms with E-state index in [2.05, 4.69) is 25.5 Å². The molecule has 0 aliphatic rings. The smallest absolute Gasteiger partial charge is 0.252 e. The van der Waals surface area contributed by atoms with Crippen LogP contribution in [0.3, 0.4) is 0 Å². The fourth-order valence-electron chi connectivity index (χ4n) is 1.72. The zero-order chi connectivity index (χ0) is 13.1. The highest BCUT2D eigenvalue weighted by Crippen LogP contribution is 2.13. The number of nitrogens with zero attached hydrogens (tertiary/aromatic N) is 4. The lowest BCUT2D eigenvalue weighted by Crippen LogP contribution is -2.17. The van der Waals surface area contributed by atoms with Gasteiger partial charge in [-0.2, -0.15) is 0 Å². The summed E-state index contributed by atoms with van der Waals surface area (Å²) in [5.41, 5.74) is -0.158. The number of hydrogen-bond acceptors (Lipinski definition) is 5. The Hall–Kier alpha value is -2.18. The predicted molar refractivity (Wildman–Crippen MR) is 67.3 cm³/mol. The van der Waals surface area contributed by atoms with Crippen LogP contribution in [-0.2, 0) is 13.5 Å². The van der Waals surface area contributed by atoms with E-state index in [1.54, 1.807) is 6.33 Å². The molecule has 7 nitrogen and oxygen atoms in total. The summed E-state index contributed by atoms with van der Waals surface area (Å²) in [5, 5.41) is 11.0. The number of H-pyrrole nitrogens is 1. The molecule has 7 heteroatoms. The molecular formula is C11H16N6O. The molecule has 2 aromatic rings. The van der Waals surface area contributed by atoms with Crippen LogP contribution in [0, 0.1) is 0 Å². The van der Waals surface area contributed by atoms with Crippen molar-refractivity contribution in [3.8, 4) is 0 Å². The minimum absolute atomic E-state index is 0.0727. The van der Waals surface area contributed by atoms with E-state index >= 15 is 0 Å². The van der Waals surface area contributed by atoms with Crippen molar-refractivity contribution in [2.45, 2.75) is 26.3 Å². The minimum Gasteiger partial charge on any atom is -0.360 e. The number of aryl methyl sites for hydroxylation is 2. The van der Waals surface area contributed by atoms with Crippen LogP contribution in [0.15, 0.2) is 17.2 Å². The third-order valence-corrected chi connectivity index (χ3v) is 2.62. The number of anilines is 1. The molecule has 0 spiro atoms. The highest BCUT2D eigenvalue weighted by atomic mass is 16.1. The Kier molecular flexibility index (Phi) is 3.40. The summed E-state index contributed by atoms with van der Waals surface area (Å²) in [7, 11) is 1.87. The van der Waals surface area contributed by atoms with Crippen LogP contribution < -0.4 is 10.9 Å². The van der Waals surface area contributed by atoms with Gasteiger partial charge in [0.05, 0.1) is 6.04 Å². The predicted octanol–water partition coefficient (Wildman–Crippen LogP) is 0.634. The van der Waals surface area contributed by atoms with Crippen LogP contribution in [0.2, 0.25) is 0 Å². The SMILES string of the molecule is CCc1nc(NC(C)c2nncn2C)cc(=O)[nH]1. The molecule has 18 heavy (non-hydrogen) atoms. The Morgan fingerprint density at radius 3 is 2.94 bits per heavy atom. The molecule has 0 aliphatic heterocycles. The highest BCUT2D eigenvalue weighted by Gasteiger charge is 2.12. The second-order valence-electron chi connectivity index (χ2n) is 4.10. The Balaban J connectivity index is 2.21. The van der Waals surface area contributed by atoms with Gasteiger partial charge in [-0.1, -0.05) is 6.92 Å². The molecule has 2 N–H and O–H groups in total. The van der Waals surface area contributed by atoms with Gasteiger partial charge in [0.25, 0.3) is 5.56 Å². The van der Waals surface area contributed by atoms with E-state index in [0.717, 1.165) is 5.82 Å². The van der Waals surface area contributed by atoms with E-state index < -0.39 is 0 Å². The highest BCUT2D eigenvalue weighted by molar-refractivity contribution is 5.35. The van der Waals surface area contributed by atoms with E-state index in [1.165, 1.54) is 6.07 Å². The first-order valence-electron chi connectivity index (χ1n) is 5.80. The van der Waals surface area contributed by atoms with Crippen LogP contribution in [0.4, 0.5) is 5.82 Å². The molecule has 96 valence electrons. The van der Waals surface area contributed by atoms with Crippen LogP contribution in [0.1, 0.15) is 31.5 Å². The van der Waals surface area contributed by atoms with Crippen molar-refractivity contribution in [3.05, 3.63) is 34.4 Å². The Labute approximate surface area is 104 Å². The lowest BCUT2D eigenvalue weighted by Gasteiger charge is -2.13. The van der Waals surface area contributed by atoms with Crippen molar-refractivity contribution in [2.24, 2.45) is 7.05 Å². The maximum atomic E-state index is 11.4. The van der Waals surface area contributed by atoms with Gasteiger partial charge in [-0.3, -0.25) is 4.79 Å². The summed E-state index contributed by atoms with van der Waals surface area (Å²) in [6.07, 6.45) is 2.32. The van der Waals surface area contributed by atoms with Gasteiger partial charge < -0.3 is 14.9 Å². The molecular weight excluding hydrogens is 232 g/mol. The molecule has 0 amide bonds. The summed E-state index contributed by atoms with van der Waals surface area (Å²) >= 11 is 0. The van der Waals surface area contributed by atoms with Gasteiger partial charge >= 0.3 is 0 Å². The lowest BCUT2D eigenvalue weighted by molar-refractivity contribution is 0.714. The average Bonchev–Trinajstić information content (AvgIpc) is 2.74. The fourth-order valence-corrected chi connectivity index (χ4v) is 1.72. The van der Waals surface area contributed by atoms with Gasteiger partial charge in [0.15, 0.2) is 5.82 Å². The second kappa shape index (κ2) is 4.99. The summed E-state index contributed by atoms with van der Waals surface area (Å²) in [6, 6.07) is 1.36. The van der Waals surface area contributed by atoms with Crippen LogP contribution in [0.5, 0.6) is 0 Å². The Morgan fingerprint density at radius 1 is 1.56 bits per heavy atom. The molecule has 1 unspecified atom stereocenters. The third kappa shape index (κ3) is 2.55. The Morgan fingerprint density at radius 2 is 2.33 bits per heavy atom. The van der Waals surface area contributed by atoms with Crippen molar-refractivity contribution in [1.82, 2.24) is 24.7 Å². The summed E-state index contributed by atoms with van der Waals surface area (Å²) in [4.78, 5) is 18.4. The molecule has 0 aromatic carbocycles. The first kappa shape index (κ1) is 12.3. The lowest BCUT2D eigenvalue weighted by atomic mass is 10.3. The molecule has 2 heterocycles. The van der Waals surface area contributed by atoms with E-state index in [-0.39, 0.29) is 11.6 Å². The average molecular weight is 248 g/mol. The van der Waals surface area contributed by atoms with Gasteiger partial charge in [-0.15, -0.1) is 10.2 Å². The zero-order valence-electron chi connectivity index (χ0n) is 10.6. The summed E-state index contributed by atoms with van der Waals surface area (Å²) in [6.45, 7) is 3.88. The molecule has 0 fully saturated rings. The number of nitrogens with one attached hydrogen (secondary N) is 2. The van der Waals surface area contributed by atoms with Crippen molar-refractivity contribution in [2.75, 3.05) is 5.32 Å². The topological polar surface area (TPSA) is 88.5 Å². The zero-order valence-corrected chi connectivity index (χ0v) is 10.6. The molecule has 0 saturated carbocycles. The van der Waals surface area contributed by atoms with Crippen molar-refractivity contribution >= 4 is 5.82 Å².